The number of hydrogen-bond acceptors (Lipinski definition) is 1. The maximum atomic E-state index is 12.1. The summed E-state index contributed by atoms with van der Waals surface area (Å²) in [4.78, 5) is 0. The minimum Gasteiger partial charge on any atom is -0.324 e. The molecule has 0 saturated carbocycles. The van der Waals surface area contributed by atoms with Crippen molar-refractivity contribution >= 4 is 0 Å². The molecule has 0 spiro atoms. The summed E-state index contributed by atoms with van der Waals surface area (Å²) in [6.45, 7) is 3.82. The monoisotopic (exact) mass is 199 g/mol. The highest BCUT2D eigenvalue weighted by Gasteiger charge is 2.14. The molecule has 0 unspecified atom stereocenters. The topological polar surface area (TPSA) is 26.0 Å². The molecule has 78 valence electrons. The lowest BCUT2D eigenvalue weighted by atomic mass is 9.98. The fourth-order valence-electron chi connectivity index (χ4n) is 1.48. The second kappa shape index (κ2) is 4.51. The van der Waals surface area contributed by atoms with Crippen LogP contribution in [0.25, 0.3) is 0 Å². The molecule has 0 fully saturated rings. The van der Waals surface area contributed by atoms with Crippen molar-refractivity contribution in [1.29, 1.82) is 0 Å². The van der Waals surface area contributed by atoms with Crippen LogP contribution >= 0.6 is 0 Å². The summed E-state index contributed by atoms with van der Waals surface area (Å²) >= 11 is 0. The van der Waals surface area contributed by atoms with Gasteiger partial charge in [-0.15, -0.1) is 0 Å². The van der Waals surface area contributed by atoms with Gasteiger partial charge in [-0.3, -0.25) is 0 Å². The Morgan fingerprint density at radius 2 is 1.93 bits per heavy atom. The summed E-state index contributed by atoms with van der Waals surface area (Å²) in [6, 6.07) is 5.18. The van der Waals surface area contributed by atoms with Gasteiger partial charge < -0.3 is 5.73 Å². The molecule has 0 aliphatic rings. The average molecular weight is 199 g/mol. The van der Waals surface area contributed by atoms with Crippen LogP contribution in [0.4, 0.5) is 8.78 Å². The third-order valence-corrected chi connectivity index (χ3v) is 2.27. The second-order valence-electron chi connectivity index (χ2n) is 3.59. The lowest BCUT2D eigenvalue weighted by Crippen LogP contribution is -2.15. The van der Waals surface area contributed by atoms with Gasteiger partial charge in [-0.1, -0.05) is 23.8 Å². The van der Waals surface area contributed by atoms with Crippen LogP contribution in [0.15, 0.2) is 18.2 Å². The number of rotatable bonds is 3. The van der Waals surface area contributed by atoms with Gasteiger partial charge >= 0.3 is 0 Å². The highest BCUT2D eigenvalue weighted by atomic mass is 19.3. The van der Waals surface area contributed by atoms with E-state index in [1.807, 2.05) is 32.0 Å². The Kier molecular flexibility index (Phi) is 3.58. The smallest absolute Gasteiger partial charge is 0.240 e. The van der Waals surface area contributed by atoms with Gasteiger partial charge in [-0.2, -0.15) is 0 Å². The normalized spacial score (nSPS) is 13.3. The first-order chi connectivity index (χ1) is 6.50. The lowest BCUT2D eigenvalue weighted by Gasteiger charge is -2.14. The number of halogens is 2. The minimum atomic E-state index is -2.34. The lowest BCUT2D eigenvalue weighted by molar-refractivity contribution is 0.128. The number of hydrogen-bond donors (Lipinski definition) is 1. The molecule has 0 heterocycles. The van der Waals surface area contributed by atoms with Crippen LogP contribution in [0.3, 0.4) is 0 Å². The van der Waals surface area contributed by atoms with Gasteiger partial charge in [0, 0.05) is 12.5 Å². The molecule has 3 heteroatoms. The van der Waals surface area contributed by atoms with Crippen LogP contribution in [0.2, 0.25) is 0 Å². The van der Waals surface area contributed by atoms with E-state index in [9.17, 15) is 8.78 Å². The van der Waals surface area contributed by atoms with Crippen LogP contribution in [0.5, 0.6) is 0 Å². The van der Waals surface area contributed by atoms with Gasteiger partial charge in [0.1, 0.15) is 0 Å². The van der Waals surface area contributed by atoms with E-state index in [-0.39, 0.29) is 6.42 Å². The van der Waals surface area contributed by atoms with E-state index < -0.39 is 12.5 Å². The van der Waals surface area contributed by atoms with Crippen molar-refractivity contribution < 1.29 is 8.78 Å². The zero-order chi connectivity index (χ0) is 10.7. The van der Waals surface area contributed by atoms with Crippen LogP contribution in [0, 0.1) is 13.8 Å². The fourth-order valence-corrected chi connectivity index (χ4v) is 1.48. The van der Waals surface area contributed by atoms with Gasteiger partial charge in [-0.05, 0) is 25.0 Å². The third kappa shape index (κ3) is 2.77. The zero-order valence-corrected chi connectivity index (χ0v) is 8.43. The quantitative estimate of drug-likeness (QED) is 0.795. The van der Waals surface area contributed by atoms with E-state index in [1.165, 1.54) is 0 Å². The Morgan fingerprint density at radius 3 is 2.50 bits per heavy atom. The number of alkyl halides is 2. The molecule has 2 N–H and O–H groups in total. The Labute approximate surface area is 82.9 Å². The highest BCUT2D eigenvalue weighted by molar-refractivity contribution is 5.32. The SMILES string of the molecule is Cc1ccc(C)c([C@@H](N)CC(F)F)c1. The van der Waals surface area contributed by atoms with Gasteiger partial charge in [0.15, 0.2) is 0 Å². The van der Waals surface area contributed by atoms with E-state index in [4.69, 9.17) is 5.73 Å². The minimum absolute atomic E-state index is 0.274. The van der Waals surface area contributed by atoms with E-state index in [2.05, 4.69) is 0 Å². The van der Waals surface area contributed by atoms with Gasteiger partial charge in [0.25, 0.3) is 0 Å². The Hall–Kier alpha value is -0.960. The predicted octanol–water partition coefficient (Wildman–Crippen LogP) is 2.96. The van der Waals surface area contributed by atoms with Crippen molar-refractivity contribution in [2.45, 2.75) is 32.7 Å². The van der Waals surface area contributed by atoms with E-state index >= 15 is 0 Å². The maximum absolute atomic E-state index is 12.1. The molecule has 0 aliphatic carbocycles. The molecule has 0 saturated heterocycles. The molecule has 1 nitrogen and oxygen atoms in total. The van der Waals surface area contributed by atoms with E-state index in [0.29, 0.717) is 0 Å². The van der Waals surface area contributed by atoms with Crippen molar-refractivity contribution in [3.63, 3.8) is 0 Å². The Morgan fingerprint density at radius 1 is 1.29 bits per heavy atom. The molecule has 0 amide bonds. The van der Waals surface area contributed by atoms with Gasteiger partial charge in [-0.25, -0.2) is 8.78 Å². The number of nitrogens with two attached hydrogens (primary N) is 1. The molecule has 0 radical (unpaired) electrons. The van der Waals surface area contributed by atoms with Crippen molar-refractivity contribution in [2.24, 2.45) is 5.73 Å². The summed E-state index contributed by atoms with van der Waals surface area (Å²) in [5.74, 6) is 0. The van der Waals surface area contributed by atoms with Crippen molar-refractivity contribution in [1.82, 2.24) is 0 Å². The van der Waals surface area contributed by atoms with Crippen LogP contribution in [-0.4, -0.2) is 6.43 Å². The molecular formula is C11H15F2N. The zero-order valence-electron chi connectivity index (χ0n) is 8.43. The largest absolute Gasteiger partial charge is 0.324 e. The molecular weight excluding hydrogens is 184 g/mol. The van der Waals surface area contributed by atoms with Crippen LogP contribution < -0.4 is 5.73 Å². The summed E-state index contributed by atoms with van der Waals surface area (Å²) in [5.41, 5.74) is 8.54. The molecule has 0 aliphatic heterocycles. The Balaban J connectivity index is 2.88. The molecule has 1 aromatic carbocycles. The molecule has 14 heavy (non-hydrogen) atoms. The molecule has 1 rings (SSSR count). The maximum Gasteiger partial charge on any atom is 0.240 e. The van der Waals surface area contributed by atoms with Crippen LogP contribution in [-0.2, 0) is 0 Å². The molecule has 0 aromatic heterocycles. The first-order valence-electron chi connectivity index (χ1n) is 4.61. The summed E-state index contributed by atoms with van der Waals surface area (Å²) in [5, 5.41) is 0. The molecule has 1 atom stereocenters. The fraction of sp³-hybridized carbons (Fsp3) is 0.455. The Bertz CT molecular complexity index is 310. The van der Waals surface area contributed by atoms with Crippen molar-refractivity contribution in [3.8, 4) is 0 Å². The van der Waals surface area contributed by atoms with E-state index in [1.54, 1.807) is 0 Å². The summed E-state index contributed by atoms with van der Waals surface area (Å²) in [7, 11) is 0. The van der Waals surface area contributed by atoms with Gasteiger partial charge in [0.2, 0.25) is 6.43 Å². The first kappa shape index (κ1) is 11.1. The predicted molar refractivity (Wildman–Crippen MR) is 53.5 cm³/mol. The highest BCUT2D eigenvalue weighted by Crippen LogP contribution is 2.22. The first-order valence-corrected chi connectivity index (χ1v) is 4.61. The molecule has 1 aromatic rings. The van der Waals surface area contributed by atoms with Crippen molar-refractivity contribution in [3.05, 3.63) is 34.9 Å². The van der Waals surface area contributed by atoms with Gasteiger partial charge in [0.05, 0.1) is 0 Å². The summed E-state index contributed by atoms with van der Waals surface area (Å²) < 4.78 is 24.2. The standard InChI is InChI=1S/C11H15F2N/c1-7-3-4-8(2)9(5-7)10(14)6-11(12)13/h3-5,10-11H,6,14H2,1-2H3/t10-/m0/s1. The van der Waals surface area contributed by atoms with E-state index in [0.717, 1.165) is 16.7 Å². The average Bonchev–Trinajstić information content (AvgIpc) is 2.08. The molecule has 0 bridgehead atoms. The van der Waals surface area contributed by atoms with Crippen molar-refractivity contribution in [2.75, 3.05) is 0 Å². The number of benzene rings is 1. The third-order valence-electron chi connectivity index (χ3n) is 2.27. The second-order valence-corrected chi connectivity index (χ2v) is 3.59. The summed E-state index contributed by atoms with van der Waals surface area (Å²) in [6.07, 6.45) is -2.62. The number of aryl methyl sites for hydroxylation is 2. The van der Waals surface area contributed by atoms with Crippen LogP contribution in [0.1, 0.15) is 29.2 Å².